The zero-order valence-corrected chi connectivity index (χ0v) is 5.24. The van der Waals surface area contributed by atoms with Gasteiger partial charge in [-0.3, -0.25) is 0 Å². The maximum absolute atomic E-state index is 11.8. The standard InChI is InChI=1S/C3H5F2NO2S/c4-3-1-6(2-3)9(5,7)8/h3H,1-2H2. The van der Waals surface area contributed by atoms with E-state index in [1.54, 1.807) is 0 Å². The molecule has 1 rings (SSSR count). The van der Waals surface area contributed by atoms with E-state index in [0.29, 0.717) is 4.31 Å². The Morgan fingerprint density at radius 1 is 1.44 bits per heavy atom. The monoisotopic (exact) mass is 157 g/mol. The van der Waals surface area contributed by atoms with Gasteiger partial charge in [0, 0.05) is 13.1 Å². The van der Waals surface area contributed by atoms with Crippen LogP contribution in [0.2, 0.25) is 0 Å². The molecule has 0 spiro atoms. The van der Waals surface area contributed by atoms with Gasteiger partial charge in [0.05, 0.1) is 0 Å². The number of halogens is 2. The minimum Gasteiger partial charge on any atom is -0.245 e. The van der Waals surface area contributed by atoms with Gasteiger partial charge in [-0.25, -0.2) is 4.39 Å². The van der Waals surface area contributed by atoms with Crippen LogP contribution in [-0.2, 0) is 10.4 Å². The highest BCUT2D eigenvalue weighted by molar-refractivity contribution is 7.84. The highest BCUT2D eigenvalue weighted by Gasteiger charge is 2.35. The Labute approximate surface area is 51.6 Å². The fourth-order valence-electron chi connectivity index (χ4n) is 0.567. The van der Waals surface area contributed by atoms with E-state index >= 15 is 0 Å². The zero-order valence-electron chi connectivity index (χ0n) is 4.42. The number of nitrogens with zero attached hydrogens (tertiary/aromatic N) is 1. The molecule has 0 aliphatic carbocycles. The molecule has 1 fully saturated rings. The summed E-state index contributed by atoms with van der Waals surface area (Å²) in [5.41, 5.74) is 0. The number of hydrogen-bond donors (Lipinski definition) is 0. The molecule has 54 valence electrons. The summed E-state index contributed by atoms with van der Waals surface area (Å²) >= 11 is 0. The van der Waals surface area contributed by atoms with E-state index in [9.17, 15) is 16.7 Å². The topological polar surface area (TPSA) is 37.4 Å². The third kappa shape index (κ3) is 1.36. The van der Waals surface area contributed by atoms with E-state index in [4.69, 9.17) is 0 Å². The van der Waals surface area contributed by atoms with Gasteiger partial charge in [-0.2, -0.15) is 12.7 Å². The van der Waals surface area contributed by atoms with Crippen LogP contribution in [0.4, 0.5) is 8.28 Å². The van der Waals surface area contributed by atoms with Crippen molar-refractivity contribution in [1.29, 1.82) is 0 Å². The van der Waals surface area contributed by atoms with Crippen molar-refractivity contribution in [3.05, 3.63) is 0 Å². The fraction of sp³-hybridized carbons (Fsp3) is 1.00. The molecule has 1 saturated heterocycles. The van der Waals surface area contributed by atoms with Gasteiger partial charge >= 0.3 is 10.4 Å². The van der Waals surface area contributed by atoms with Crippen molar-refractivity contribution in [2.45, 2.75) is 6.17 Å². The maximum atomic E-state index is 11.8. The average molecular weight is 157 g/mol. The Bertz CT molecular complexity index is 196. The van der Waals surface area contributed by atoms with Gasteiger partial charge in [0.25, 0.3) is 0 Å². The van der Waals surface area contributed by atoms with Crippen LogP contribution in [0.3, 0.4) is 0 Å². The maximum Gasteiger partial charge on any atom is 0.374 e. The Kier molecular flexibility index (Phi) is 1.44. The summed E-state index contributed by atoms with van der Waals surface area (Å²) < 4.78 is 43.7. The summed E-state index contributed by atoms with van der Waals surface area (Å²) in [4.78, 5) is 0. The van der Waals surface area contributed by atoms with Crippen LogP contribution in [-0.4, -0.2) is 32.0 Å². The van der Waals surface area contributed by atoms with Crippen molar-refractivity contribution in [1.82, 2.24) is 4.31 Å². The quantitative estimate of drug-likeness (QED) is 0.496. The molecule has 1 aliphatic rings. The van der Waals surface area contributed by atoms with Gasteiger partial charge in [0.1, 0.15) is 6.17 Å². The fourth-order valence-corrected chi connectivity index (χ4v) is 1.25. The number of hydrogen-bond acceptors (Lipinski definition) is 2. The molecule has 3 nitrogen and oxygen atoms in total. The van der Waals surface area contributed by atoms with Gasteiger partial charge in [0.2, 0.25) is 0 Å². The van der Waals surface area contributed by atoms with E-state index in [2.05, 4.69) is 0 Å². The van der Waals surface area contributed by atoms with Crippen molar-refractivity contribution >= 4 is 10.4 Å². The van der Waals surface area contributed by atoms with Crippen molar-refractivity contribution in [3.63, 3.8) is 0 Å². The Hall–Kier alpha value is -0.230. The van der Waals surface area contributed by atoms with E-state index in [-0.39, 0.29) is 13.1 Å². The first-order chi connectivity index (χ1) is 4.00. The molecular weight excluding hydrogens is 152 g/mol. The predicted octanol–water partition coefficient (Wildman–Crippen LogP) is -0.146. The van der Waals surface area contributed by atoms with Gasteiger partial charge in [-0.1, -0.05) is 3.89 Å². The second kappa shape index (κ2) is 1.88. The van der Waals surface area contributed by atoms with Gasteiger partial charge in [0.15, 0.2) is 0 Å². The van der Waals surface area contributed by atoms with Crippen molar-refractivity contribution < 1.29 is 16.7 Å². The van der Waals surface area contributed by atoms with E-state index in [0.717, 1.165) is 0 Å². The molecule has 0 atom stereocenters. The lowest BCUT2D eigenvalue weighted by Gasteiger charge is -2.29. The Balaban J connectivity index is 2.51. The number of alkyl halides is 1. The van der Waals surface area contributed by atoms with Crippen LogP contribution in [0.15, 0.2) is 0 Å². The summed E-state index contributed by atoms with van der Waals surface area (Å²) in [5.74, 6) is 0. The van der Waals surface area contributed by atoms with E-state index in [1.165, 1.54) is 0 Å². The van der Waals surface area contributed by atoms with Crippen LogP contribution in [0.5, 0.6) is 0 Å². The molecular formula is C3H5F2NO2S. The predicted molar refractivity (Wildman–Crippen MR) is 26.5 cm³/mol. The highest BCUT2D eigenvalue weighted by atomic mass is 32.3. The normalized spacial score (nSPS) is 23.8. The molecule has 0 aromatic rings. The van der Waals surface area contributed by atoms with Crippen LogP contribution in [0.1, 0.15) is 0 Å². The van der Waals surface area contributed by atoms with Crippen LogP contribution < -0.4 is 0 Å². The third-order valence-corrected chi connectivity index (χ3v) is 2.03. The lowest BCUT2D eigenvalue weighted by Crippen LogP contribution is -2.49. The SMILES string of the molecule is O=S(=O)(F)N1CC(F)C1. The molecule has 0 bridgehead atoms. The van der Waals surface area contributed by atoms with E-state index in [1.807, 2.05) is 0 Å². The first-order valence-corrected chi connectivity index (χ1v) is 3.68. The lowest BCUT2D eigenvalue weighted by molar-refractivity contribution is 0.136. The molecule has 0 unspecified atom stereocenters. The van der Waals surface area contributed by atoms with Crippen molar-refractivity contribution in [2.75, 3.05) is 13.1 Å². The van der Waals surface area contributed by atoms with Crippen LogP contribution >= 0.6 is 0 Å². The Morgan fingerprint density at radius 2 is 1.89 bits per heavy atom. The second-order valence-corrected chi connectivity index (χ2v) is 3.20. The van der Waals surface area contributed by atoms with Crippen LogP contribution in [0, 0.1) is 0 Å². The summed E-state index contributed by atoms with van der Waals surface area (Å²) in [6.45, 7) is -0.669. The molecule has 1 heterocycles. The molecule has 9 heavy (non-hydrogen) atoms. The molecule has 0 radical (unpaired) electrons. The van der Waals surface area contributed by atoms with Crippen LogP contribution in [0.25, 0.3) is 0 Å². The molecule has 1 aliphatic heterocycles. The molecule has 0 amide bonds. The van der Waals surface area contributed by atoms with Crippen molar-refractivity contribution in [3.8, 4) is 0 Å². The second-order valence-electron chi connectivity index (χ2n) is 1.86. The van der Waals surface area contributed by atoms with Gasteiger partial charge in [-0.15, -0.1) is 0 Å². The molecule has 0 saturated carbocycles. The molecule has 6 heteroatoms. The minimum atomic E-state index is -4.61. The lowest BCUT2D eigenvalue weighted by atomic mass is 10.3. The summed E-state index contributed by atoms with van der Waals surface area (Å²) in [7, 11) is -4.61. The van der Waals surface area contributed by atoms with E-state index < -0.39 is 16.6 Å². The molecule has 0 N–H and O–H groups in total. The van der Waals surface area contributed by atoms with Gasteiger partial charge in [-0.05, 0) is 0 Å². The minimum absolute atomic E-state index is 0.334. The first-order valence-electron chi connectivity index (χ1n) is 2.34. The first kappa shape index (κ1) is 6.88. The van der Waals surface area contributed by atoms with Gasteiger partial charge < -0.3 is 0 Å². The summed E-state index contributed by atoms with van der Waals surface area (Å²) in [5, 5.41) is 0. The summed E-state index contributed by atoms with van der Waals surface area (Å²) in [6, 6.07) is 0. The molecule has 0 aromatic heterocycles. The largest absolute Gasteiger partial charge is 0.374 e. The van der Waals surface area contributed by atoms with Crippen molar-refractivity contribution in [2.24, 2.45) is 0 Å². The average Bonchev–Trinajstić information content (AvgIpc) is 1.55. The smallest absolute Gasteiger partial charge is 0.245 e. The third-order valence-electron chi connectivity index (χ3n) is 1.11. The summed E-state index contributed by atoms with van der Waals surface area (Å²) in [6.07, 6.45) is -1.18. The highest BCUT2D eigenvalue weighted by Crippen LogP contribution is 2.16. The zero-order chi connectivity index (χ0) is 7.07. The molecule has 0 aromatic carbocycles. The Morgan fingerprint density at radius 3 is 2.00 bits per heavy atom. The number of rotatable bonds is 1.